The Morgan fingerprint density at radius 3 is 2.32 bits per heavy atom. The third-order valence-electron chi connectivity index (χ3n) is 4.34. The van der Waals surface area contributed by atoms with E-state index in [4.69, 9.17) is 0 Å². The molecular weight excluding hydrogens is 276 g/mol. The van der Waals surface area contributed by atoms with Gasteiger partial charge in [-0.3, -0.25) is 9.59 Å². The molecule has 0 aliphatic heterocycles. The van der Waals surface area contributed by atoms with Crippen LogP contribution in [0.25, 0.3) is 10.8 Å². The lowest BCUT2D eigenvalue weighted by Gasteiger charge is -2.27. The van der Waals surface area contributed by atoms with Crippen LogP contribution in [0.15, 0.2) is 42.5 Å². The lowest BCUT2D eigenvalue weighted by atomic mass is 9.74. The first-order valence-electron chi connectivity index (χ1n) is 7.78. The Hall–Kier alpha value is -2.16. The average Bonchev–Trinajstić information content (AvgIpc) is 2.52. The molecule has 3 heteroatoms. The van der Waals surface area contributed by atoms with Crippen LogP contribution in [0.4, 0.5) is 0 Å². The van der Waals surface area contributed by atoms with Gasteiger partial charge in [-0.25, -0.2) is 0 Å². The van der Waals surface area contributed by atoms with Crippen LogP contribution in [0.2, 0.25) is 0 Å². The van der Waals surface area contributed by atoms with Crippen LogP contribution in [0.5, 0.6) is 0 Å². The number of carbonyl (C=O) groups is 2. The summed E-state index contributed by atoms with van der Waals surface area (Å²) in [5.74, 6) is -1.18. The largest absolute Gasteiger partial charge is 0.480 e. The number of hydrogen-bond donors (Lipinski definition) is 1. The summed E-state index contributed by atoms with van der Waals surface area (Å²) in [5, 5.41) is 11.9. The molecule has 0 aliphatic rings. The van der Waals surface area contributed by atoms with Gasteiger partial charge in [0.25, 0.3) is 0 Å². The molecule has 0 amide bonds. The second kappa shape index (κ2) is 6.73. The predicted octanol–water partition coefficient (Wildman–Crippen LogP) is 4.23. The number of Topliss-reactive ketones (excluding diaryl/α,β-unsaturated/α-hetero) is 1. The first kappa shape index (κ1) is 16.2. The van der Waals surface area contributed by atoms with E-state index in [1.54, 1.807) is 6.92 Å². The molecule has 1 N–H and O–H groups in total. The maximum absolute atomic E-state index is 12.4. The molecule has 2 aromatic carbocycles. The second-order valence-corrected chi connectivity index (χ2v) is 5.77. The SMILES string of the molecule is CCCC(=O)C(CC)(Cc1ccc2ccccc2c1)C(=O)O. The maximum atomic E-state index is 12.4. The van der Waals surface area contributed by atoms with Gasteiger partial charge in [-0.15, -0.1) is 0 Å². The van der Waals surface area contributed by atoms with E-state index in [0.29, 0.717) is 19.3 Å². The Kier molecular flexibility index (Phi) is 4.96. The summed E-state index contributed by atoms with van der Waals surface area (Å²) in [6.45, 7) is 3.68. The summed E-state index contributed by atoms with van der Waals surface area (Å²) in [6, 6.07) is 13.8. The van der Waals surface area contributed by atoms with Gasteiger partial charge in [0.2, 0.25) is 0 Å². The minimum Gasteiger partial charge on any atom is -0.480 e. The van der Waals surface area contributed by atoms with E-state index in [9.17, 15) is 14.7 Å². The summed E-state index contributed by atoms with van der Waals surface area (Å²) in [7, 11) is 0. The molecule has 0 saturated carbocycles. The minimum absolute atomic E-state index is 0.168. The predicted molar refractivity (Wildman–Crippen MR) is 87.9 cm³/mol. The number of carboxylic acid groups (broad SMARTS) is 1. The molecule has 1 unspecified atom stereocenters. The molecule has 2 aromatic rings. The summed E-state index contributed by atoms with van der Waals surface area (Å²) in [6.07, 6.45) is 1.55. The van der Waals surface area contributed by atoms with Crippen molar-refractivity contribution in [1.82, 2.24) is 0 Å². The highest BCUT2D eigenvalue weighted by atomic mass is 16.4. The fraction of sp³-hybridized carbons (Fsp3) is 0.368. The molecule has 0 bridgehead atoms. The molecule has 1 atom stereocenters. The first-order valence-corrected chi connectivity index (χ1v) is 7.78. The highest BCUT2D eigenvalue weighted by Gasteiger charge is 2.43. The molecule has 0 heterocycles. The van der Waals surface area contributed by atoms with Crippen molar-refractivity contribution in [3.8, 4) is 0 Å². The number of aliphatic carboxylic acids is 1. The van der Waals surface area contributed by atoms with Crippen molar-refractivity contribution in [2.75, 3.05) is 0 Å². The van der Waals surface area contributed by atoms with Crippen LogP contribution < -0.4 is 0 Å². The Bertz CT molecular complexity index is 690. The van der Waals surface area contributed by atoms with Gasteiger partial charge in [0.05, 0.1) is 0 Å². The number of fused-ring (bicyclic) bond motifs is 1. The summed E-state index contributed by atoms with van der Waals surface area (Å²) in [4.78, 5) is 24.2. The number of hydrogen-bond acceptors (Lipinski definition) is 2. The van der Waals surface area contributed by atoms with E-state index in [1.807, 2.05) is 49.4 Å². The van der Waals surface area contributed by atoms with Crippen molar-refractivity contribution < 1.29 is 14.7 Å². The number of ketones is 1. The van der Waals surface area contributed by atoms with E-state index >= 15 is 0 Å². The summed E-state index contributed by atoms with van der Waals surface area (Å²) in [5.41, 5.74) is -0.411. The molecule has 0 fully saturated rings. The number of rotatable bonds is 7. The maximum Gasteiger partial charge on any atom is 0.317 e. The van der Waals surface area contributed by atoms with Crippen LogP contribution in [0, 0.1) is 5.41 Å². The van der Waals surface area contributed by atoms with Crippen LogP contribution in [-0.2, 0) is 16.0 Å². The lowest BCUT2D eigenvalue weighted by molar-refractivity contribution is -0.155. The van der Waals surface area contributed by atoms with Crippen LogP contribution in [-0.4, -0.2) is 16.9 Å². The average molecular weight is 298 g/mol. The van der Waals surface area contributed by atoms with E-state index in [-0.39, 0.29) is 12.2 Å². The highest BCUT2D eigenvalue weighted by Crippen LogP contribution is 2.32. The molecule has 0 spiro atoms. The topological polar surface area (TPSA) is 54.4 Å². The molecule has 3 nitrogen and oxygen atoms in total. The molecule has 116 valence electrons. The van der Waals surface area contributed by atoms with Crippen molar-refractivity contribution in [1.29, 1.82) is 0 Å². The van der Waals surface area contributed by atoms with Gasteiger partial charge >= 0.3 is 5.97 Å². The third-order valence-corrected chi connectivity index (χ3v) is 4.34. The lowest BCUT2D eigenvalue weighted by Crippen LogP contribution is -2.40. The van der Waals surface area contributed by atoms with Crippen molar-refractivity contribution in [2.24, 2.45) is 5.41 Å². The second-order valence-electron chi connectivity index (χ2n) is 5.77. The molecule has 0 aromatic heterocycles. The van der Waals surface area contributed by atoms with E-state index in [0.717, 1.165) is 16.3 Å². The Morgan fingerprint density at radius 1 is 1.05 bits per heavy atom. The van der Waals surface area contributed by atoms with E-state index in [2.05, 4.69) is 0 Å². The number of carboxylic acids is 1. The molecule has 22 heavy (non-hydrogen) atoms. The Morgan fingerprint density at radius 2 is 1.73 bits per heavy atom. The van der Waals surface area contributed by atoms with Crippen molar-refractivity contribution in [3.63, 3.8) is 0 Å². The Balaban J connectivity index is 2.40. The normalized spacial score (nSPS) is 13.7. The van der Waals surface area contributed by atoms with Crippen LogP contribution >= 0.6 is 0 Å². The fourth-order valence-corrected chi connectivity index (χ4v) is 2.93. The van der Waals surface area contributed by atoms with Gasteiger partial charge in [-0.2, -0.15) is 0 Å². The number of carbonyl (C=O) groups excluding carboxylic acids is 1. The number of benzene rings is 2. The quantitative estimate of drug-likeness (QED) is 0.778. The van der Waals surface area contributed by atoms with Gasteiger partial charge in [0.1, 0.15) is 11.2 Å². The van der Waals surface area contributed by atoms with Crippen molar-refractivity contribution >= 4 is 22.5 Å². The zero-order chi connectivity index (χ0) is 16.2. The standard InChI is InChI=1S/C19H22O3/c1-3-7-17(20)19(4-2,18(21)22)13-14-10-11-15-8-5-6-9-16(15)12-14/h5-6,8-12H,3-4,7,13H2,1-2H3,(H,21,22). The van der Waals surface area contributed by atoms with Gasteiger partial charge < -0.3 is 5.11 Å². The van der Waals surface area contributed by atoms with Crippen LogP contribution in [0.3, 0.4) is 0 Å². The molecular formula is C19H22O3. The van der Waals surface area contributed by atoms with Gasteiger partial charge in [0, 0.05) is 6.42 Å². The highest BCUT2D eigenvalue weighted by molar-refractivity contribution is 6.03. The molecule has 0 aliphatic carbocycles. The smallest absolute Gasteiger partial charge is 0.317 e. The zero-order valence-corrected chi connectivity index (χ0v) is 13.1. The fourth-order valence-electron chi connectivity index (χ4n) is 2.93. The zero-order valence-electron chi connectivity index (χ0n) is 13.1. The molecule has 0 radical (unpaired) electrons. The van der Waals surface area contributed by atoms with E-state index in [1.165, 1.54) is 0 Å². The molecule has 0 saturated heterocycles. The third kappa shape index (κ3) is 3.03. The monoisotopic (exact) mass is 298 g/mol. The minimum atomic E-state index is -1.31. The van der Waals surface area contributed by atoms with E-state index < -0.39 is 11.4 Å². The first-order chi connectivity index (χ1) is 10.5. The van der Waals surface area contributed by atoms with Gasteiger partial charge in [-0.1, -0.05) is 56.3 Å². The van der Waals surface area contributed by atoms with Gasteiger partial charge in [0.15, 0.2) is 0 Å². The molecule has 2 rings (SSSR count). The van der Waals surface area contributed by atoms with Crippen molar-refractivity contribution in [3.05, 3.63) is 48.0 Å². The Labute approximate surface area is 131 Å². The summed E-state index contributed by atoms with van der Waals surface area (Å²) < 4.78 is 0. The van der Waals surface area contributed by atoms with Crippen molar-refractivity contribution in [2.45, 2.75) is 39.5 Å². The van der Waals surface area contributed by atoms with Crippen LogP contribution in [0.1, 0.15) is 38.7 Å². The summed E-state index contributed by atoms with van der Waals surface area (Å²) >= 11 is 0. The van der Waals surface area contributed by atoms with Gasteiger partial charge in [-0.05, 0) is 35.6 Å².